The van der Waals surface area contributed by atoms with Crippen LogP contribution < -0.4 is 9.47 Å². The van der Waals surface area contributed by atoms with Crippen molar-refractivity contribution in [1.29, 1.82) is 0 Å². The normalized spacial score (nSPS) is 15.2. The van der Waals surface area contributed by atoms with Crippen molar-refractivity contribution < 1.29 is 17.5 Å². The van der Waals surface area contributed by atoms with Crippen LogP contribution in [-0.4, -0.2) is 25.3 Å². The molecule has 0 amide bonds. The van der Waals surface area contributed by atoms with Gasteiger partial charge in [0.15, 0.2) is 6.54 Å². The molecule has 3 aromatic rings. The van der Waals surface area contributed by atoms with Crippen LogP contribution in [0.25, 0.3) is 16.3 Å². The Balaban J connectivity index is 1.70. The zero-order valence-corrected chi connectivity index (χ0v) is 20.7. The predicted molar refractivity (Wildman–Crippen MR) is 131 cm³/mol. The SMILES string of the molecule is CCN1C(=Cc2sc3ccc(Cl)cc3[n+]2CCCCS(=O)(=O)O)Sc2ccc(Cl)cc21. The van der Waals surface area contributed by atoms with Crippen molar-refractivity contribution in [3.8, 4) is 0 Å². The average Bonchev–Trinajstić information content (AvgIpc) is 3.21. The fraction of sp³-hybridized carbons (Fsp3) is 0.286. The van der Waals surface area contributed by atoms with Crippen LogP contribution in [0.5, 0.6) is 0 Å². The molecule has 5 nitrogen and oxygen atoms in total. The largest absolute Gasteiger partial charge is 0.335 e. The molecular weight excluding hydrogens is 495 g/mol. The number of thiazole rings is 1. The summed E-state index contributed by atoms with van der Waals surface area (Å²) < 4.78 is 34.4. The number of fused-ring (bicyclic) bond motifs is 2. The van der Waals surface area contributed by atoms with Crippen molar-refractivity contribution >= 4 is 78.4 Å². The lowest BCUT2D eigenvalue weighted by atomic mass is 10.3. The highest BCUT2D eigenvalue weighted by Crippen LogP contribution is 2.47. The van der Waals surface area contributed by atoms with Crippen LogP contribution in [0.15, 0.2) is 46.3 Å². The molecule has 0 atom stereocenters. The Hall–Kier alpha value is -1.29. The van der Waals surface area contributed by atoms with E-state index in [0.717, 1.165) is 32.5 Å². The van der Waals surface area contributed by atoms with E-state index in [1.807, 2.05) is 36.4 Å². The van der Waals surface area contributed by atoms with Crippen molar-refractivity contribution in [2.24, 2.45) is 0 Å². The molecule has 0 fully saturated rings. The molecule has 2 heterocycles. The topological polar surface area (TPSA) is 61.5 Å². The van der Waals surface area contributed by atoms with Gasteiger partial charge in [0, 0.05) is 34.0 Å². The van der Waals surface area contributed by atoms with E-state index in [0.29, 0.717) is 29.4 Å². The Bertz CT molecular complexity index is 1270. The smallest absolute Gasteiger partial charge is 0.265 e. The molecule has 31 heavy (non-hydrogen) atoms. The highest BCUT2D eigenvalue weighted by atomic mass is 35.5. The molecule has 164 valence electrons. The molecule has 0 aliphatic carbocycles. The van der Waals surface area contributed by atoms with Crippen LogP contribution in [0.4, 0.5) is 5.69 Å². The summed E-state index contributed by atoms with van der Waals surface area (Å²) in [5.41, 5.74) is 2.12. The fourth-order valence-electron chi connectivity index (χ4n) is 3.58. The third kappa shape index (κ3) is 5.21. The molecule has 10 heteroatoms. The van der Waals surface area contributed by atoms with E-state index in [2.05, 4.69) is 22.5 Å². The maximum Gasteiger partial charge on any atom is 0.265 e. The van der Waals surface area contributed by atoms with Crippen molar-refractivity contribution in [2.45, 2.75) is 31.2 Å². The average molecular weight is 517 g/mol. The van der Waals surface area contributed by atoms with E-state index in [-0.39, 0.29) is 5.75 Å². The quantitative estimate of drug-likeness (QED) is 0.234. The van der Waals surface area contributed by atoms with Gasteiger partial charge in [0.1, 0.15) is 4.70 Å². The van der Waals surface area contributed by atoms with Gasteiger partial charge in [-0.15, -0.1) is 0 Å². The van der Waals surface area contributed by atoms with E-state index in [1.54, 1.807) is 23.1 Å². The standard InChI is InChI=1S/C21H20Cl2N2O3S3/c1-2-24-16-11-14(22)5-7-18(16)29-20(24)13-21-25(9-3-4-10-31(26,27)28)17-12-15(23)6-8-19(17)30-21/h5-8,11-13H,2-4,9-10H2,1H3/p+1. The summed E-state index contributed by atoms with van der Waals surface area (Å²) in [6, 6.07) is 11.8. The number of aromatic nitrogens is 1. The first-order valence-corrected chi connectivity index (χ1v) is 13.8. The summed E-state index contributed by atoms with van der Waals surface area (Å²) in [6.45, 7) is 3.56. The number of rotatable bonds is 7. The molecule has 0 saturated carbocycles. The minimum absolute atomic E-state index is 0.234. The highest BCUT2D eigenvalue weighted by molar-refractivity contribution is 8.03. The minimum atomic E-state index is -3.95. The lowest BCUT2D eigenvalue weighted by Gasteiger charge is -2.17. The van der Waals surface area contributed by atoms with Crippen LogP contribution in [-0.2, 0) is 16.7 Å². The summed E-state index contributed by atoms with van der Waals surface area (Å²) >= 11 is 15.9. The van der Waals surface area contributed by atoms with Gasteiger partial charge in [-0.25, -0.2) is 0 Å². The first-order valence-electron chi connectivity index (χ1n) is 9.79. The Kier molecular flexibility index (Phi) is 6.86. The van der Waals surface area contributed by atoms with Crippen molar-refractivity contribution in [3.05, 3.63) is 56.5 Å². The Morgan fingerprint density at radius 2 is 1.87 bits per heavy atom. The number of unbranched alkanes of at least 4 members (excludes halogenated alkanes) is 1. The molecule has 1 aromatic heterocycles. The monoisotopic (exact) mass is 515 g/mol. The van der Waals surface area contributed by atoms with Crippen molar-refractivity contribution in [3.63, 3.8) is 0 Å². The number of nitrogens with zero attached hydrogens (tertiary/aromatic N) is 2. The molecule has 2 aromatic carbocycles. The molecule has 1 N–H and O–H groups in total. The van der Waals surface area contributed by atoms with Gasteiger partial charge in [-0.1, -0.05) is 46.3 Å². The Labute approximate surface area is 200 Å². The minimum Gasteiger partial charge on any atom is -0.335 e. The number of halogens is 2. The molecule has 1 aliphatic rings. The number of benzene rings is 2. The first kappa shape index (κ1) is 22.9. The lowest BCUT2D eigenvalue weighted by Crippen LogP contribution is -2.35. The summed E-state index contributed by atoms with van der Waals surface area (Å²) in [5.74, 6) is -0.234. The summed E-state index contributed by atoms with van der Waals surface area (Å²) in [5, 5.41) is 3.54. The second-order valence-electron chi connectivity index (χ2n) is 7.14. The van der Waals surface area contributed by atoms with Crippen LogP contribution in [0.2, 0.25) is 10.0 Å². The molecule has 4 rings (SSSR count). The Morgan fingerprint density at radius 3 is 2.61 bits per heavy atom. The molecule has 0 bridgehead atoms. The van der Waals surface area contributed by atoms with Gasteiger partial charge in [0.2, 0.25) is 5.52 Å². The second kappa shape index (κ2) is 9.29. The number of hydrogen-bond donors (Lipinski definition) is 1. The third-order valence-electron chi connectivity index (χ3n) is 4.98. The molecule has 1 aliphatic heterocycles. The van der Waals surface area contributed by atoms with Gasteiger partial charge < -0.3 is 4.90 Å². The van der Waals surface area contributed by atoms with Crippen molar-refractivity contribution in [1.82, 2.24) is 0 Å². The maximum atomic E-state index is 11.1. The maximum absolute atomic E-state index is 11.1. The predicted octanol–water partition coefficient (Wildman–Crippen LogP) is 6.09. The molecule has 0 radical (unpaired) electrons. The zero-order chi connectivity index (χ0) is 22.2. The summed E-state index contributed by atoms with van der Waals surface area (Å²) in [4.78, 5) is 3.41. The number of thioether (sulfide) groups is 1. The molecule has 0 unspecified atom stereocenters. The molecular formula is C21H21Cl2N2O3S3+. The van der Waals surface area contributed by atoms with Gasteiger partial charge in [-0.2, -0.15) is 13.0 Å². The van der Waals surface area contributed by atoms with E-state index in [9.17, 15) is 8.42 Å². The lowest BCUT2D eigenvalue weighted by molar-refractivity contribution is -0.669. The van der Waals surface area contributed by atoms with E-state index >= 15 is 0 Å². The summed E-state index contributed by atoms with van der Waals surface area (Å²) in [7, 11) is -3.95. The van der Waals surface area contributed by atoms with Crippen LogP contribution in [0.1, 0.15) is 24.8 Å². The number of aryl methyl sites for hydroxylation is 1. The van der Waals surface area contributed by atoms with Crippen molar-refractivity contribution in [2.75, 3.05) is 17.2 Å². The second-order valence-corrected chi connectivity index (χ2v) is 11.7. The van der Waals surface area contributed by atoms with E-state index < -0.39 is 10.1 Å². The van der Waals surface area contributed by atoms with Crippen LogP contribution in [0, 0.1) is 0 Å². The van der Waals surface area contributed by atoms with E-state index in [1.165, 1.54) is 4.90 Å². The molecule has 0 spiro atoms. The highest BCUT2D eigenvalue weighted by Gasteiger charge is 2.27. The van der Waals surface area contributed by atoms with Crippen LogP contribution in [0.3, 0.4) is 0 Å². The number of hydrogen-bond acceptors (Lipinski definition) is 5. The van der Waals surface area contributed by atoms with Crippen LogP contribution >= 0.6 is 46.3 Å². The van der Waals surface area contributed by atoms with Gasteiger partial charge >= 0.3 is 0 Å². The molecule has 0 saturated heterocycles. The third-order valence-corrected chi connectivity index (χ3v) is 8.48. The summed E-state index contributed by atoms with van der Waals surface area (Å²) in [6.07, 6.45) is 3.18. The van der Waals surface area contributed by atoms with Gasteiger partial charge in [-0.05, 0) is 43.7 Å². The van der Waals surface area contributed by atoms with Gasteiger partial charge in [-0.3, -0.25) is 4.55 Å². The zero-order valence-electron chi connectivity index (χ0n) is 16.7. The number of anilines is 1. The van der Waals surface area contributed by atoms with Gasteiger partial charge in [0.05, 0.1) is 22.5 Å². The van der Waals surface area contributed by atoms with Gasteiger partial charge in [0.25, 0.3) is 15.1 Å². The fourth-order valence-corrected chi connectivity index (χ4v) is 6.81. The Morgan fingerprint density at radius 1 is 1.13 bits per heavy atom. The first-order chi connectivity index (χ1) is 14.7. The van der Waals surface area contributed by atoms with E-state index in [4.69, 9.17) is 27.8 Å².